The Labute approximate surface area is 172 Å². The van der Waals surface area contributed by atoms with Crippen LogP contribution in [0, 0.1) is 11.8 Å². The van der Waals surface area contributed by atoms with E-state index in [2.05, 4.69) is 39.4 Å². The summed E-state index contributed by atoms with van der Waals surface area (Å²) in [4.78, 5) is 26.8. The number of carbonyl (C=O) groups excluding carboxylic acids is 2. The van der Waals surface area contributed by atoms with Crippen molar-refractivity contribution in [3.63, 3.8) is 0 Å². The predicted octanol–water partition coefficient (Wildman–Crippen LogP) is 3.46. The lowest BCUT2D eigenvalue weighted by molar-refractivity contribution is 0.0518. The fourth-order valence-electron chi connectivity index (χ4n) is 3.14. The van der Waals surface area contributed by atoms with Crippen molar-refractivity contribution in [1.29, 1.82) is 0 Å². The number of carbonyl (C=O) groups is 2. The van der Waals surface area contributed by atoms with E-state index in [1.807, 2.05) is 6.07 Å². The van der Waals surface area contributed by atoms with Gasteiger partial charge in [-0.1, -0.05) is 46.6 Å². The molecule has 5 nitrogen and oxygen atoms in total. The van der Waals surface area contributed by atoms with E-state index in [0.717, 1.165) is 22.3 Å². The largest absolute Gasteiger partial charge is 0.366 e. The van der Waals surface area contributed by atoms with Gasteiger partial charge in [-0.2, -0.15) is 0 Å². The first-order valence-corrected chi connectivity index (χ1v) is 10.1. The third-order valence-corrected chi connectivity index (χ3v) is 5.85. The Morgan fingerprint density at radius 3 is 2.67 bits per heavy atom. The van der Waals surface area contributed by atoms with Crippen molar-refractivity contribution in [2.45, 2.75) is 35.7 Å². The number of nitrogens with one attached hydrogen (secondary N) is 1. The highest BCUT2D eigenvalue weighted by Gasteiger charge is 2.19. The van der Waals surface area contributed by atoms with E-state index in [4.69, 9.17) is 10.5 Å². The molecule has 0 atom stereocenters. The first-order valence-electron chi connectivity index (χ1n) is 8.90. The Balaban J connectivity index is 1.63. The quantitative estimate of drug-likeness (QED) is 0.300. The molecular weight excluding hydrogens is 455 g/mol. The number of ether oxygens (including phenoxy) is 1. The number of alkyl halides is 1. The SMILES string of the molecule is NC(=O)c1c[nH]cc1C(=O)c1cccc(C#CCOC2CCC(I)CC2)c1. The molecule has 27 heavy (non-hydrogen) atoms. The number of aromatic amines is 1. The van der Waals surface area contributed by atoms with Crippen LogP contribution in [0.4, 0.5) is 0 Å². The highest BCUT2D eigenvalue weighted by Crippen LogP contribution is 2.26. The average Bonchev–Trinajstić information content (AvgIpc) is 3.16. The number of hydrogen-bond donors (Lipinski definition) is 2. The second-order valence-electron chi connectivity index (χ2n) is 6.54. The lowest BCUT2D eigenvalue weighted by Gasteiger charge is -2.24. The Bertz CT molecular complexity index is 886. The van der Waals surface area contributed by atoms with E-state index in [1.54, 1.807) is 18.2 Å². The molecule has 0 unspecified atom stereocenters. The van der Waals surface area contributed by atoms with Crippen molar-refractivity contribution in [2.75, 3.05) is 6.61 Å². The summed E-state index contributed by atoms with van der Waals surface area (Å²) >= 11 is 2.50. The Morgan fingerprint density at radius 2 is 1.93 bits per heavy atom. The minimum Gasteiger partial charge on any atom is -0.366 e. The number of rotatable bonds is 5. The summed E-state index contributed by atoms with van der Waals surface area (Å²) in [5, 5.41) is 0. The summed E-state index contributed by atoms with van der Waals surface area (Å²) in [7, 11) is 0. The molecule has 1 aliphatic carbocycles. The number of nitrogens with two attached hydrogens (primary N) is 1. The highest BCUT2D eigenvalue weighted by molar-refractivity contribution is 14.1. The molecule has 1 fully saturated rings. The minimum absolute atomic E-state index is 0.186. The Hall–Kier alpha value is -2.11. The molecule has 0 bridgehead atoms. The van der Waals surface area contributed by atoms with Gasteiger partial charge in [-0.25, -0.2) is 0 Å². The molecule has 140 valence electrons. The molecule has 3 rings (SSSR count). The molecule has 1 aromatic carbocycles. The fourth-order valence-corrected chi connectivity index (χ4v) is 3.85. The van der Waals surface area contributed by atoms with Crippen molar-refractivity contribution in [3.8, 4) is 11.8 Å². The summed E-state index contributed by atoms with van der Waals surface area (Å²) in [6, 6.07) is 7.03. The molecule has 1 aliphatic rings. The van der Waals surface area contributed by atoms with Gasteiger partial charge in [0.05, 0.1) is 17.2 Å². The molecule has 0 aliphatic heterocycles. The first-order chi connectivity index (χ1) is 13.0. The average molecular weight is 476 g/mol. The number of hydrogen-bond acceptors (Lipinski definition) is 3. The lowest BCUT2D eigenvalue weighted by Crippen LogP contribution is -2.21. The van der Waals surface area contributed by atoms with E-state index in [1.165, 1.54) is 25.2 Å². The van der Waals surface area contributed by atoms with Crippen LogP contribution < -0.4 is 5.73 Å². The number of halogens is 1. The number of amides is 1. The summed E-state index contributed by atoms with van der Waals surface area (Å²) in [6.07, 6.45) is 7.82. The van der Waals surface area contributed by atoms with Gasteiger partial charge >= 0.3 is 0 Å². The van der Waals surface area contributed by atoms with Crippen molar-refractivity contribution in [3.05, 3.63) is 58.9 Å². The topological polar surface area (TPSA) is 85.2 Å². The summed E-state index contributed by atoms with van der Waals surface area (Å²) in [5.74, 6) is 5.17. The standard InChI is InChI=1S/C21H21IN2O3/c22-16-6-8-17(9-7-16)27-10-2-4-14-3-1-5-15(11-14)20(25)18-12-24-13-19(18)21(23)26/h1,3,5,11-13,16-17,24H,6-10H2,(H2,23,26). The van der Waals surface area contributed by atoms with Crippen molar-refractivity contribution in [1.82, 2.24) is 4.98 Å². The maximum Gasteiger partial charge on any atom is 0.250 e. The predicted molar refractivity (Wildman–Crippen MR) is 112 cm³/mol. The summed E-state index contributed by atoms with van der Waals surface area (Å²) < 4.78 is 6.60. The van der Waals surface area contributed by atoms with Gasteiger partial charge in [0.25, 0.3) is 5.91 Å². The molecule has 0 spiro atoms. The first kappa shape index (κ1) is 19.6. The van der Waals surface area contributed by atoms with Gasteiger partial charge in [0.2, 0.25) is 0 Å². The van der Waals surface area contributed by atoms with Gasteiger partial charge in [-0.05, 0) is 37.8 Å². The number of benzene rings is 1. The van der Waals surface area contributed by atoms with Crippen LogP contribution in [0.2, 0.25) is 0 Å². The van der Waals surface area contributed by atoms with Crippen molar-refractivity contribution in [2.24, 2.45) is 5.73 Å². The monoisotopic (exact) mass is 476 g/mol. The molecular formula is C21H21IN2O3. The molecule has 1 aromatic heterocycles. The van der Waals surface area contributed by atoms with Gasteiger partial charge < -0.3 is 15.5 Å². The Morgan fingerprint density at radius 1 is 1.19 bits per heavy atom. The van der Waals surface area contributed by atoms with E-state index >= 15 is 0 Å². The summed E-state index contributed by atoms with van der Waals surface area (Å²) in [5.41, 5.74) is 6.95. The van der Waals surface area contributed by atoms with Crippen LogP contribution in [-0.4, -0.2) is 33.3 Å². The zero-order chi connectivity index (χ0) is 19.2. The third-order valence-electron chi connectivity index (χ3n) is 4.61. The van der Waals surface area contributed by atoms with Gasteiger partial charge in [-0.3, -0.25) is 9.59 Å². The number of ketones is 1. The van der Waals surface area contributed by atoms with Crippen LogP contribution in [0.3, 0.4) is 0 Å². The maximum atomic E-state index is 12.6. The van der Waals surface area contributed by atoms with Crippen LogP contribution in [0.15, 0.2) is 36.7 Å². The van der Waals surface area contributed by atoms with Gasteiger partial charge in [-0.15, -0.1) is 0 Å². The molecule has 0 saturated heterocycles. The number of H-pyrrole nitrogens is 1. The number of primary amides is 1. The molecule has 1 saturated carbocycles. The highest BCUT2D eigenvalue weighted by atomic mass is 127. The second kappa shape index (κ2) is 9.20. The second-order valence-corrected chi connectivity index (χ2v) is 8.31. The molecule has 6 heteroatoms. The molecule has 0 radical (unpaired) electrons. The van der Waals surface area contributed by atoms with Crippen LogP contribution >= 0.6 is 22.6 Å². The Kier molecular flexibility index (Phi) is 6.69. The summed E-state index contributed by atoms with van der Waals surface area (Å²) in [6.45, 7) is 0.387. The van der Waals surface area contributed by atoms with Crippen LogP contribution in [-0.2, 0) is 4.74 Å². The normalized spacial score (nSPS) is 19.1. The van der Waals surface area contributed by atoms with Crippen LogP contribution in [0.25, 0.3) is 0 Å². The zero-order valence-corrected chi connectivity index (χ0v) is 17.0. The maximum absolute atomic E-state index is 12.6. The smallest absolute Gasteiger partial charge is 0.250 e. The molecule has 1 amide bonds. The molecule has 2 aromatic rings. The van der Waals surface area contributed by atoms with Crippen LogP contribution in [0.1, 0.15) is 57.5 Å². The lowest BCUT2D eigenvalue weighted by atomic mass is 9.98. The van der Waals surface area contributed by atoms with E-state index in [0.29, 0.717) is 18.3 Å². The molecule has 3 N–H and O–H groups in total. The third kappa shape index (κ3) is 5.21. The van der Waals surface area contributed by atoms with E-state index in [9.17, 15) is 9.59 Å². The minimum atomic E-state index is -0.635. The van der Waals surface area contributed by atoms with Crippen molar-refractivity contribution < 1.29 is 14.3 Å². The zero-order valence-electron chi connectivity index (χ0n) is 14.8. The van der Waals surface area contributed by atoms with Gasteiger partial charge in [0, 0.05) is 27.4 Å². The van der Waals surface area contributed by atoms with Crippen LogP contribution in [0.5, 0.6) is 0 Å². The fraction of sp³-hybridized carbons (Fsp3) is 0.333. The number of aromatic nitrogens is 1. The molecule has 1 heterocycles. The van der Waals surface area contributed by atoms with E-state index < -0.39 is 5.91 Å². The van der Waals surface area contributed by atoms with E-state index in [-0.39, 0.29) is 16.9 Å². The van der Waals surface area contributed by atoms with Gasteiger partial charge in [0.15, 0.2) is 5.78 Å². The van der Waals surface area contributed by atoms with Crippen molar-refractivity contribution >= 4 is 34.3 Å². The van der Waals surface area contributed by atoms with Gasteiger partial charge in [0.1, 0.15) is 6.61 Å².